The van der Waals surface area contributed by atoms with Gasteiger partial charge in [-0.1, -0.05) is 0 Å². The molecule has 2 aromatic heterocycles. The molecular weight excluding hydrogens is 212 g/mol. The lowest BCUT2D eigenvalue weighted by molar-refractivity contribution is 0.347. The fraction of sp³-hybridized carbons (Fsp3) is 0.462. The highest BCUT2D eigenvalue weighted by Gasteiger charge is 2.21. The Bertz CT molecular complexity index is 520. The molecule has 0 aliphatic carbocycles. The standard InChI is InChI=1S/C13H18N4/c1-9-12(11-6-14-8-15-7-11)10(2)17(16-9)13(3,4)5/h6-8H,1-5H3. The molecule has 0 aromatic carbocycles. The van der Waals surface area contributed by atoms with E-state index in [4.69, 9.17) is 0 Å². The first-order chi connectivity index (χ1) is 7.91. The van der Waals surface area contributed by atoms with Crippen LogP contribution in [0.25, 0.3) is 11.1 Å². The number of hydrogen-bond donors (Lipinski definition) is 0. The summed E-state index contributed by atoms with van der Waals surface area (Å²) < 4.78 is 2.06. The molecule has 0 aliphatic rings. The second-order valence-corrected chi connectivity index (χ2v) is 5.26. The summed E-state index contributed by atoms with van der Waals surface area (Å²) in [6.07, 6.45) is 5.20. The second-order valence-electron chi connectivity index (χ2n) is 5.26. The van der Waals surface area contributed by atoms with E-state index in [-0.39, 0.29) is 5.54 Å². The van der Waals surface area contributed by atoms with Crippen molar-refractivity contribution in [2.75, 3.05) is 0 Å². The van der Waals surface area contributed by atoms with Gasteiger partial charge in [-0.2, -0.15) is 5.10 Å². The summed E-state index contributed by atoms with van der Waals surface area (Å²) in [6.45, 7) is 10.6. The van der Waals surface area contributed by atoms with Gasteiger partial charge in [-0.05, 0) is 34.6 Å². The summed E-state index contributed by atoms with van der Waals surface area (Å²) in [6, 6.07) is 0. The van der Waals surface area contributed by atoms with Gasteiger partial charge < -0.3 is 0 Å². The number of rotatable bonds is 1. The van der Waals surface area contributed by atoms with Crippen molar-refractivity contribution in [3.8, 4) is 11.1 Å². The van der Waals surface area contributed by atoms with Crippen molar-refractivity contribution in [3.63, 3.8) is 0 Å². The third kappa shape index (κ3) is 2.07. The zero-order chi connectivity index (χ0) is 12.6. The lowest BCUT2D eigenvalue weighted by Gasteiger charge is -2.21. The summed E-state index contributed by atoms with van der Waals surface area (Å²) in [7, 11) is 0. The van der Waals surface area contributed by atoms with Crippen molar-refractivity contribution in [2.24, 2.45) is 0 Å². The largest absolute Gasteiger partial charge is 0.264 e. The van der Waals surface area contributed by atoms with E-state index in [1.165, 1.54) is 0 Å². The van der Waals surface area contributed by atoms with Crippen molar-refractivity contribution < 1.29 is 0 Å². The van der Waals surface area contributed by atoms with E-state index in [0.717, 1.165) is 22.5 Å². The average molecular weight is 230 g/mol. The van der Waals surface area contributed by atoms with Gasteiger partial charge in [0.15, 0.2) is 0 Å². The first-order valence-electron chi connectivity index (χ1n) is 5.73. The van der Waals surface area contributed by atoms with Crippen LogP contribution in [-0.4, -0.2) is 19.7 Å². The minimum absolute atomic E-state index is 0.0112. The molecule has 0 atom stereocenters. The maximum absolute atomic E-state index is 4.62. The maximum Gasteiger partial charge on any atom is 0.115 e. The van der Waals surface area contributed by atoms with Gasteiger partial charge >= 0.3 is 0 Å². The van der Waals surface area contributed by atoms with E-state index in [1.54, 1.807) is 6.33 Å². The van der Waals surface area contributed by atoms with Gasteiger partial charge in [-0.25, -0.2) is 9.97 Å². The molecule has 90 valence electrons. The summed E-state index contributed by atoms with van der Waals surface area (Å²) in [5.74, 6) is 0. The molecular formula is C13H18N4. The number of hydrogen-bond acceptors (Lipinski definition) is 3. The minimum Gasteiger partial charge on any atom is -0.264 e. The van der Waals surface area contributed by atoms with Crippen LogP contribution in [0.4, 0.5) is 0 Å². The van der Waals surface area contributed by atoms with Crippen LogP contribution in [0, 0.1) is 13.8 Å². The molecule has 0 fully saturated rings. The molecule has 17 heavy (non-hydrogen) atoms. The lowest BCUT2D eigenvalue weighted by atomic mass is 10.1. The van der Waals surface area contributed by atoms with Gasteiger partial charge in [-0.15, -0.1) is 0 Å². The zero-order valence-corrected chi connectivity index (χ0v) is 11.0. The third-order valence-corrected chi connectivity index (χ3v) is 2.78. The van der Waals surface area contributed by atoms with Gasteiger partial charge in [-0.3, -0.25) is 4.68 Å². The molecule has 0 bridgehead atoms. The SMILES string of the molecule is Cc1nn(C(C)(C)C)c(C)c1-c1cncnc1. The molecule has 2 heterocycles. The first-order valence-corrected chi connectivity index (χ1v) is 5.73. The van der Waals surface area contributed by atoms with E-state index < -0.39 is 0 Å². The van der Waals surface area contributed by atoms with Crippen LogP contribution < -0.4 is 0 Å². The summed E-state index contributed by atoms with van der Waals surface area (Å²) in [4.78, 5) is 8.13. The predicted octanol–water partition coefficient (Wildman–Crippen LogP) is 2.71. The zero-order valence-electron chi connectivity index (χ0n) is 11.0. The average Bonchev–Trinajstić information content (AvgIpc) is 2.55. The van der Waals surface area contributed by atoms with Gasteiger partial charge in [0.05, 0.1) is 11.2 Å². The molecule has 0 N–H and O–H groups in total. The Kier molecular flexibility index (Phi) is 2.73. The van der Waals surface area contributed by atoms with Crippen LogP contribution in [0.1, 0.15) is 32.2 Å². The quantitative estimate of drug-likeness (QED) is 0.756. The van der Waals surface area contributed by atoms with E-state index in [1.807, 2.05) is 19.3 Å². The van der Waals surface area contributed by atoms with Gasteiger partial charge in [0.2, 0.25) is 0 Å². The Morgan fingerprint density at radius 1 is 1.06 bits per heavy atom. The minimum atomic E-state index is -0.0112. The third-order valence-electron chi connectivity index (χ3n) is 2.78. The maximum atomic E-state index is 4.62. The topological polar surface area (TPSA) is 43.6 Å². The molecule has 2 aromatic rings. The Morgan fingerprint density at radius 2 is 1.65 bits per heavy atom. The normalized spacial score (nSPS) is 11.8. The van der Waals surface area contributed by atoms with Crippen molar-refractivity contribution in [1.29, 1.82) is 0 Å². The van der Waals surface area contributed by atoms with Crippen molar-refractivity contribution in [3.05, 3.63) is 30.1 Å². The molecule has 0 spiro atoms. The Labute approximate surface area is 102 Å². The van der Waals surface area contributed by atoms with E-state index in [2.05, 4.69) is 47.4 Å². The molecule has 0 unspecified atom stereocenters. The van der Waals surface area contributed by atoms with Crippen LogP contribution in [0.2, 0.25) is 0 Å². The fourth-order valence-electron chi connectivity index (χ4n) is 2.14. The predicted molar refractivity (Wildman–Crippen MR) is 67.7 cm³/mol. The number of aryl methyl sites for hydroxylation is 1. The Hall–Kier alpha value is -1.71. The van der Waals surface area contributed by atoms with Crippen molar-refractivity contribution in [2.45, 2.75) is 40.2 Å². The van der Waals surface area contributed by atoms with Crippen LogP contribution in [0.15, 0.2) is 18.7 Å². The van der Waals surface area contributed by atoms with Gasteiger partial charge in [0, 0.05) is 29.2 Å². The van der Waals surface area contributed by atoms with Crippen LogP contribution in [0.3, 0.4) is 0 Å². The molecule has 0 radical (unpaired) electrons. The van der Waals surface area contributed by atoms with E-state index in [0.29, 0.717) is 0 Å². The van der Waals surface area contributed by atoms with Crippen LogP contribution in [0.5, 0.6) is 0 Å². The Balaban J connectivity index is 2.61. The molecule has 2 rings (SSSR count). The van der Waals surface area contributed by atoms with Gasteiger partial charge in [0.1, 0.15) is 6.33 Å². The lowest BCUT2D eigenvalue weighted by Crippen LogP contribution is -2.24. The van der Waals surface area contributed by atoms with Gasteiger partial charge in [0.25, 0.3) is 0 Å². The highest BCUT2D eigenvalue weighted by molar-refractivity contribution is 5.66. The molecule has 0 saturated heterocycles. The second kappa shape index (κ2) is 3.95. The van der Waals surface area contributed by atoms with E-state index >= 15 is 0 Å². The fourth-order valence-corrected chi connectivity index (χ4v) is 2.14. The van der Waals surface area contributed by atoms with Crippen molar-refractivity contribution in [1.82, 2.24) is 19.7 Å². The van der Waals surface area contributed by atoms with E-state index in [9.17, 15) is 0 Å². The molecule has 4 nitrogen and oxygen atoms in total. The number of nitrogens with zero attached hydrogens (tertiary/aromatic N) is 4. The molecule has 0 saturated carbocycles. The summed E-state index contributed by atoms with van der Waals surface area (Å²) in [5, 5.41) is 4.62. The monoisotopic (exact) mass is 230 g/mol. The highest BCUT2D eigenvalue weighted by Crippen LogP contribution is 2.28. The summed E-state index contributed by atoms with van der Waals surface area (Å²) >= 11 is 0. The molecule has 4 heteroatoms. The highest BCUT2D eigenvalue weighted by atomic mass is 15.3. The molecule has 0 aliphatic heterocycles. The summed E-state index contributed by atoms with van der Waals surface area (Å²) in [5.41, 5.74) is 4.33. The Morgan fingerprint density at radius 3 is 2.12 bits per heavy atom. The first kappa shape index (κ1) is 11.8. The van der Waals surface area contributed by atoms with Crippen LogP contribution >= 0.6 is 0 Å². The number of aromatic nitrogens is 4. The molecule has 0 amide bonds. The smallest absolute Gasteiger partial charge is 0.115 e. The van der Waals surface area contributed by atoms with Crippen molar-refractivity contribution >= 4 is 0 Å². The van der Waals surface area contributed by atoms with Crippen LogP contribution in [-0.2, 0) is 5.54 Å².